The molecule has 0 bridgehead atoms. The van der Waals surface area contributed by atoms with Gasteiger partial charge in [-0.1, -0.05) is 75.6 Å². The first kappa shape index (κ1) is 12.4. The van der Waals surface area contributed by atoms with Crippen molar-refractivity contribution in [2.45, 2.75) is 13.8 Å². The molecule has 0 saturated carbocycles. The lowest BCUT2D eigenvalue weighted by Gasteiger charge is -1.97. The molecule has 0 radical (unpaired) electrons. The summed E-state index contributed by atoms with van der Waals surface area (Å²) in [5.74, 6) is 0. The fraction of sp³-hybridized carbons (Fsp3) is 0.143. The number of benzene rings is 1. The molecule has 14 heavy (non-hydrogen) atoms. The van der Waals surface area contributed by atoms with Gasteiger partial charge in [0.15, 0.2) is 0 Å². The molecule has 1 aromatic rings. The molecule has 0 nitrogen and oxygen atoms in total. The van der Waals surface area contributed by atoms with E-state index in [1.54, 1.807) is 6.08 Å². The van der Waals surface area contributed by atoms with E-state index in [4.69, 9.17) is 0 Å². The SMILES string of the molecule is C=C/C=C\C(=C)c1ccccc1.CC. The fourth-order valence-electron chi connectivity index (χ4n) is 0.933. The maximum Gasteiger partial charge on any atom is -0.0190 e. The molecule has 0 aliphatic heterocycles. The Balaban J connectivity index is 0.000000791. The molecule has 1 aromatic carbocycles. The maximum absolute atomic E-state index is 3.93. The second kappa shape index (κ2) is 8.06. The molecule has 0 spiro atoms. The van der Waals surface area contributed by atoms with Gasteiger partial charge in [0.25, 0.3) is 0 Å². The normalized spacial score (nSPS) is 9.00. The van der Waals surface area contributed by atoms with E-state index < -0.39 is 0 Å². The van der Waals surface area contributed by atoms with Gasteiger partial charge in [-0.3, -0.25) is 0 Å². The summed E-state index contributed by atoms with van der Waals surface area (Å²) in [6, 6.07) is 10.1. The highest BCUT2D eigenvalue weighted by molar-refractivity contribution is 5.71. The highest BCUT2D eigenvalue weighted by Crippen LogP contribution is 2.12. The zero-order chi connectivity index (χ0) is 10.8. The molecule has 0 amide bonds. The molecule has 0 aliphatic rings. The van der Waals surface area contributed by atoms with Crippen molar-refractivity contribution in [1.29, 1.82) is 0 Å². The Morgan fingerprint density at radius 1 is 1.14 bits per heavy atom. The van der Waals surface area contributed by atoms with Crippen LogP contribution < -0.4 is 0 Å². The van der Waals surface area contributed by atoms with Gasteiger partial charge in [-0.25, -0.2) is 0 Å². The van der Waals surface area contributed by atoms with E-state index in [1.807, 2.05) is 56.3 Å². The van der Waals surface area contributed by atoms with E-state index in [-0.39, 0.29) is 0 Å². The van der Waals surface area contributed by atoms with Crippen LogP contribution in [0.1, 0.15) is 19.4 Å². The van der Waals surface area contributed by atoms with Gasteiger partial charge >= 0.3 is 0 Å². The predicted molar refractivity (Wildman–Crippen MR) is 66.2 cm³/mol. The number of hydrogen-bond acceptors (Lipinski definition) is 0. The first-order valence-corrected chi connectivity index (χ1v) is 4.88. The van der Waals surface area contributed by atoms with Gasteiger partial charge in [-0.15, -0.1) is 0 Å². The first-order chi connectivity index (χ1) is 6.84. The lowest BCUT2D eigenvalue weighted by Crippen LogP contribution is -1.75. The summed E-state index contributed by atoms with van der Waals surface area (Å²) in [6.45, 7) is 11.5. The van der Waals surface area contributed by atoms with Gasteiger partial charge in [-0.05, 0) is 11.1 Å². The van der Waals surface area contributed by atoms with Crippen molar-refractivity contribution < 1.29 is 0 Å². The highest BCUT2D eigenvalue weighted by Gasteiger charge is 1.90. The number of rotatable bonds is 3. The van der Waals surface area contributed by atoms with Crippen molar-refractivity contribution in [2.24, 2.45) is 0 Å². The van der Waals surface area contributed by atoms with Crippen molar-refractivity contribution in [3.63, 3.8) is 0 Å². The van der Waals surface area contributed by atoms with Crippen molar-refractivity contribution >= 4 is 5.57 Å². The van der Waals surface area contributed by atoms with Crippen LogP contribution in [0.15, 0.2) is 61.7 Å². The summed E-state index contributed by atoms with van der Waals surface area (Å²) < 4.78 is 0. The van der Waals surface area contributed by atoms with Gasteiger partial charge in [0, 0.05) is 0 Å². The van der Waals surface area contributed by atoms with Gasteiger partial charge in [0.2, 0.25) is 0 Å². The molecule has 0 aromatic heterocycles. The van der Waals surface area contributed by atoms with E-state index in [1.165, 1.54) is 0 Å². The largest absolute Gasteiger partial charge is 0.0991 e. The summed E-state index contributed by atoms with van der Waals surface area (Å²) in [6.07, 6.45) is 5.58. The minimum absolute atomic E-state index is 1.01. The molecule has 1 rings (SSSR count). The fourth-order valence-corrected chi connectivity index (χ4v) is 0.933. The van der Waals surface area contributed by atoms with E-state index >= 15 is 0 Å². The Labute approximate surface area is 87.3 Å². The highest BCUT2D eigenvalue weighted by atomic mass is 13.9. The summed E-state index contributed by atoms with van der Waals surface area (Å²) >= 11 is 0. The topological polar surface area (TPSA) is 0 Å². The van der Waals surface area contributed by atoms with E-state index in [2.05, 4.69) is 13.2 Å². The number of hydrogen-bond donors (Lipinski definition) is 0. The van der Waals surface area contributed by atoms with Crippen LogP contribution in [0.3, 0.4) is 0 Å². The zero-order valence-electron chi connectivity index (χ0n) is 9.03. The van der Waals surface area contributed by atoms with Crippen molar-refractivity contribution in [2.75, 3.05) is 0 Å². The van der Waals surface area contributed by atoms with Gasteiger partial charge in [-0.2, -0.15) is 0 Å². The maximum atomic E-state index is 3.93. The molecule has 0 heteroatoms. The van der Waals surface area contributed by atoms with Crippen molar-refractivity contribution in [3.05, 3.63) is 67.3 Å². The Hall–Kier alpha value is -1.56. The Kier molecular flexibility index (Phi) is 7.16. The smallest absolute Gasteiger partial charge is 0.0190 e. The molecular weight excluding hydrogens is 168 g/mol. The van der Waals surface area contributed by atoms with Crippen LogP contribution in [-0.2, 0) is 0 Å². The predicted octanol–water partition coefficient (Wildman–Crippen LogP) is 4.47. The van der Waals surface area contributed by atoms with E-state index in [0.717, 1.165) is 11.1 Å². The molecule has 74 valence electrons. The van der Waals surface area contributed by atoms with Crippen LogP contribution in [0.2, 0.25) is 0 Å². The first-order valence-electron chi connectivity index (χ1n) is 4.88. The summed E-state index contributed by atoms with van der Waals surface area (Å²) in [5, 5.41) is 0. The molecule has 0 fully saturated rings. The third-order valence-corrected chi connectivity index (χ3v) is 1.58. The zero-order valence-corrected chi connectivity index (χ0v) is 9.03. The Morgan fingerprint density at radius 2 is 1.71 bits per heavy atom. The summed E-state index contributed by atoms with van der Waals surface area (Å²) in [4.78, 5) is 0. The van der Waals surface area contributed by atoms with E-state index in [9.17, 15) is 0 Å². The molecular formula is C14H18. The van der Waals surface area contributed by atoms with Crippen molar-refractivity contribution in [3.8, 4) is 0 Å². The lowest BCUT2D eigenvalue weighted by molar-refractivity contribution is 1.50. The Morgan fingerprint density at radius 3 is 2.21 bits per heavy atom. The van der Waals surface area contributed by atoms with Gasteiger partial charge < -0.3 is 0 Å². The molecule has 0 N–H and O–H groups in total. The van der Waals surface area contributed by atoms with Crippen LogP contribution in [0.4, 0.5) is 0 Å². The average molecular weight is 186 g/mol. The standard InChI is InChI=1S/C12H12.C2H6/c1-3-4-8-11(2)12-9-6-5-7-10-12;1-2/h3-10H,1-2H2;1-2H3/b8-4-;. The molecule has 0 atom stereocenters. The van der Waals surface area contributed by atoms with Gasteiger partial charge in [0.05, 0.1) is 0 Å². The molecule has 0 heterocycles. The third-order valence-electron chi connectivity index (χ3n) is 1.58. The lowest BCUT2D eigenvalue weighted by atomic mass is 10.1. The minimum atomic E-state index is 1.01. The van der Waals surface area contributed by atoms with E-state index in [0.29, 0.717) is 0 Å². The molecule has 0 unspecified atom stereocenters. The van der Waals surface area contributed by atoms with Crippen LogP contribution >= 0.6 is 0 Å². The quantitative estimate of drug-likeness (QED) is 0.611. The Bertz CT molecular complexity index is 291. The van der Waals surface area contributed by atoms with Crippen LogP contribution in [0.5, 0.6) is 0 Å². The average Bonchev–Trinajstić information content (AvgIpc) is 2.30. The second-order valence-electron chi connectivity index (χ2n) is 2.49. The minimum Gasteiger partial charge on any atom is -0.0991 e. The van der Waals surface area contributed by atoms with Crippen molar-refractivity contribution in [1.82, 2.24) is 0 Å². The van der Waals surface area contributed by atoms with Crippen LogP contribution in [0.25, 0.3) is 5.57 Å². The summed E-state index contributed by atoms with van der Waals surface area (Å²) in [7, 11) is 0. The van der Waals surface area contributed by atoms with Crippen LogP contribution in [-0.4, -0.2) is 0 Å². The molecule has 0 saturated heterocycles. The van der Waals surface area contributed by atoms with Crippen LogP contribution in [0, 0.1) is 0 Å². The number of allylic oxidation sites excluding steroid dienone is 4. The van der Waals surface area contributed by atoms with Gasteiger partial charge in [0.1, 0.15) is 0 Å². The monoisotopic (exact) mass is 186 g/mol. The third kappa shape index (κ3) is 4.46. The summed E-state index contributed by atoms with van der Waals surface area (Å²) in [5.41, 5.74) is 2.16. The molecule has 0 aliphatic carbocycles. The second-order valence-corrected chi connectivity index (χ2v) is 2.49.